The van der Waals surface area contributed by atoms with Gasteiger partial charge >= 0.3 is 0 Å². The predicted molar refractivity (Wildman–Crippen MR) is 113 cm³/mol. The summed E-state index contributed by atoms with van der Waals surface area (Å²) in [7, 11) is 0. The lowest BCUT2D eigenvalue weighted by Crippen LogP contribution is -2.36. The summed E-state index contributed by atoms with van der Waals surface area (Å²) in [5.41, 5.74) is 3.08. The van der Waals surface area contributed by atoms with Crippen LogP contribution in [0.1, 0.15) is 68.8 Å². The van der Waals surface area contributed by atoms with Crippen LogP contribution < -0.4 is 5.56 Å². The van der Waals surface area contributed by atoms with Gasteiger partial charge in [-0.15, -0.1) is 0 Å². The number of nitrogens with zero attached hydrogens (tertiary/aromatic N) is 4. The smallest absolute Gasteiger partial charge is 0.276 e. The third-order valence-electron chi connectivity index (χ3n) is 6.62. The van der Waals surface area contributed by atoms with Crippen LogP contribution in [0.2, 0.25) is 0 Å². The van der Waals surface area contributed by atoms with Crippen molar-refractivity contribution in [2.75, 3.05) is 26.2 Å². The maximum Gasteiger partial charge on any atom is 0.276 e. The van der Waals surface area contributed by atoms with Gasteiger partial charge in [-0.3, -0.25) is 14.7 Å². The number of hydrogen-bond acceptors (Lipinski definition) is 4. The van der Waals surface area contributed by atoms with E-state index < -0.39 is 0 Å². The Morgan fingerprint density at radius 3 is 2.69 bits per heavy atom. The Kier molecular flexibility index (Phi) is 5.76. The van der Waals surface area contributed by atoms with Gasteiger partial charge in [-0.2, -0.15) is 0 Å². The largest absolute Gasteiger partial charge is 0.343 e. The van der Waals surface area contributed by atoms with E-state index >= 15 is 0 Å². The molecular formula is C22H33N5O2. The number of amides is 1. The zero-order valence-corrected chi connectivity index (χ0v) is 17.9. The van der Waals surface area contributed by atoms with E-state index in [1.54, 1.807) is 4.52 Å². The highest BCUT2D eigenvalue weighted by atomic mass is 16.2. The summed E-state index contributed by atoms with van der Waals surface area (Å²) >= 11 is 0. The maximum atomic E-state index is 13.1. The van der Waals surface area contributed by atoms with E-state index in [0.717, 1.165) is 56.8 Å². The molecule has 0 saturated carbocycles. The second-order valence-corrected chi connectivity index (χ2v) is 8.90. The molecule has 2 fully saturated rings. The number of fused-ring (bicyclic) bond motifs is 1. The molecule has 1 amide bonds. The highest BCUT2D eigenvalue weighted by molar-refractivity contribution is 5.76. The molecule has 4 rings (SSSR count). The Hall–Kier alpha value is -2.15. The molecule has 7 nitrogen and oxygen atoms in total. The first kappa shape index (κ1) is 20.1. The van der Waals surface area contributed by atoms with Crippen LogP contribution in [0, 0.1) is 6.92 Å². The minimum atomic E-state index is -0.0658. The van der Waals surface area contributed by atoms with Gasteiger partial charge in [0.05, 0.1) is 0 Å². The van der Waals surface area contributed by atoms with Crippen LogP contribution in [0.25, 0.3) is 5.65 Å². The summed E-state index contributed by atoms with van der Waals surface area (Å²) in [4.78, 5) is 34.7. The molecule has 0 radical (unpaired) electrons. The van der Waals surface area contributed by atoms with Gasteiger partial charge in [0.2, 0.25) is 5.91 Å². The minimum Gasteiger partial charge on any atom is -0.343 e. The molecule has 2 aromatic heterocycles. The van der Waals surface area contributed by atoms with Crippen LogP contribution in [-0.2, 0) is 11.2 Å². The first-order chi connectivity index (χ1) is 13.9. The molecule has 0 bridgehead atoms. The summed E-state index contributed by atoms with van der Waals surface area (Å²) in [5, 5.41) is 3.30. The minimum absolute atomic E-state index is 0.0658. The first-order valence-electron chi connectivity index (χ1n) is 11.1. The van der Waals surface area contributed by atoms with Crippen molar-refractivity contribution < 1.29 is 4.79 Å². The molecule has 1 atom stereocenters. The van der Waals surface area contributed by atoms with E-state index in [1.165, 1.54) is 6.42 Å². The van der Waals surface area contributed by atoms with E-state index in [2.05, 4.69) is 28.8 Å². The van der Waals surface area contributed by atoms with Crippen molar-refractivity contribution in [2.45, 2.75) is 71.3 Å². The Morgan fingerprint density at radius 2 is 2.00 bits per heavy atom. The van der Waals surface area contributed by atoms with Crippen LogP contribution in [0.5, 0.6) is 0 Å². The van der Waals surface area contributed by atoms with Gasteiger partial charge in [-0.05, 0) is 59.4 Å². The molecule has 1 N–H and O–H groups in total. The third-order valence-corrected chi connectivity index (χ3v) is 6.62. The van der Waals surface area contributed by atoms with Crippen LogP contribution in [0.3, 0.4) is 0 Å². The van der Waals surface area contributed by atoms with Crippen molar-refractivity contribution in [3.63, 3.8) is 0 Å². The molecule has 2 aromatic rings. The number of likely N-dealkylation sites (tertiary alicyclic amines) is 2. The number of rotatable bonds is 5. The first-order valence-corrected chi connectivity index (χ1v) is 11.1. The molecule has 2 saturated heterocycles. The van der Waals surface area contributed by atoms with Crippen molar-refractivity contribution in [1.29, 1.82) is 0 Å². The van der Waals surface area contributed by atoms with Gasteiger partial charge in [0.25, 0.3) is 5.56 Å². The Bertz CT molecular complexity index is 939. The van der Waals surface area contributed by atoms with E-state index in [9.17, 15) is 9.59 Å². The van der Waals surface area contributed by atoms with Gasteiger partial charge in [0.15, 0.2) is 5.65 Å². The number of H-pyrrole nitrogens is 1. The van der Waals surface area contributed by atoms with Crippen molar-refractivity contribution in [3.8, 4) is 0 Å². The zero-order chi connectivity index (χ0) is 20.5. The fourth-order valence-corrected chi connectivity index (χ4v) is 4.73. The van der Waals surface area contributed by atoms with Gasteiger partial charge in [-0.25, -0.2) is 9.50 Å². The number of aromatic amines is 1. The monoisotopic (exact) mass is 399 g/mol. The molecule has 0 unspecified atom stereocenters. The molecule has 158 valence electrons. The normalized spacial score (nSPS) is 20.8. The lowest BCUT2D eigenvalue weighted by molar-refractivity contribution is -0.132. The van der Waals surface area contributed by atoms with Crippen molar-refractivity contribution >= 4 is 11.6 Å². The van der Waals surface area contributed by atoms with Crippen LogP contribution in [-0.4, -0.2) is 62.5 Å². The SMILES string of the molecule is Cc1nc2cc([C@H]3CCN(C(C)C)C3)[nH]n2c(=O)c1CCC(=O)N1CCCCC1. The third kappa shape index (κ3) is 4.10. The van der Waals surface area contributed by atoms with E-state index in [4.69, 9.17) is 0 Å². The Morgan fingerprint density at radius 1 is 1.24 bits per heavy atom. The Labute approximate surface area is 172 Å². The zero-order valence-electron chi connectivity index (χ0n) is 17.9. The van der Waals surface area contributed by atoms with Crippen LogP contribution in [0.15, 0.2) is 10.9 Å². The number of hydrogen-bond donors (Lipinski definition) is 1. The van der Waals surface area contributed by atoms with Crippen LogP contribution in [0.4, 0.5) is 0 Å². The molecule has 2 aliphatic heterocycles. The Balaban J connectivity index is 1.52. The second kappa shape index (κ2) is 8.30. The van der Waals surface area contributed by atoms with Crippen molar-refractivity contribution in [2.24, 2.45) is 0 Å². The van der Waals surface area contributed by atoms with Gasteiger partial charge in [0, 0.05) is 61.0 Å². The molecular weight excluding hydrogens is 366 g/mol. The van der Waals surface area contributed by atoms with Gasteiger partial charge < -0.3 is 9.80 Å². The number of aromatic nitrogens is 3. The van der Waals surface area contributed by atoms with E-state index in [1.807, 2.05) is 17.9 Å². The van der Waals surface area contributed by atoms with Crippen molar-refractivity contribution in [1.82, 2.24) is 24.4 Å². The second-order valence-electron chi connectivity index (χ2n) is 8.90. The summed E-state index contributed by atoms with van der Waals surface area (Å²) in [6.07, 6.45) is 5.30. The number of piperidine rings is 1. The lowest BCUT2D eigenvalue weighted by atomic mass is 10.1. The van der Waals surface area contributed by atoms with Gasteiger partial charge in [0.1, 0.15) is 0 Å². The number of carbonyl (C=O) groups excluding carboxylic acids is 1. The lowest BCUT2D eigenvalue weighted by Gasteiger charge is -2.26. The average Bonchev–Trinajstić information content (AvgIpc) is 3.35. The molecule has 29 heavy (non-hydrogen) atoms. The summed E-state index contributed by atoms with van der Waals surface area (Å²) in [6, 6.07) is 2.56. The summed E-state index contributed by atoms with van der Waals surface area (Å²) in [6.45, 7) is 10.1. The number of aryl methyl sites for hydroxylation is 1. The molecule has 2 aliphatic rings. The van der Waals surface area contributed by atoms with E-state index in [0.29, 0.717) is 36.0 Å². The van der Waals surface area contributed by atoms with E-state index in [-0.39, 0.29) is 11.5 Å². The predicted octanol–water partition coefficient (Wildman–Crippen LogP) is 2.47. The fraction of sp³-hybridized carbons (Fsp3) is 0.682. The van der Waals surface area contributed by atoms with Crippen molar-refractivity contribution in [3.05, 3.63) is 33.4 Å². The summed E-state index contributed by atoms with van der Waals surface area (Å²) < 4.78 is 1.57. The molecule has 0 spiro atoms. The summed E-state index contributed by atoms with van der Waals surface area (Å²) in [5.74, 6) is 0.559. The van der Waals surface area contributed by atoms with Gasteiger partial charge in [-0.1, -0.05) is 0 Å². The standard InChI is InChI=1S/C22H33N5O2/c1-15(2)26-12-9-17(14-26)19-13-20-23-16(3)18(22(29)27(20)24-19)7-8-21(28)25-10-5-4-6-11-25/h13,15,17,24H,4-12,14H2,1-3H3/t17-/m0/s1. The quantitative estimate of drug-likeness (QED) is 0.838. The molecule has 0 aliphatic carbocycles. The highest BCUT2D eigenvalue weighted by Gasteiger charge is 2.27. The molecule has 7 heteroatoms. The highest BCUT2D eigenvalue weighted by Crippen LogP contribution is 2.27. The maximum absolute atomic E-state index is 13.1. The van der Waals surface area contributed by atoms with Crippen LogP contribution >= 0.6 is 0 Å². The average molecular weight is 400 g/mol. The number of nitrogens with one attached hydrogen (secondary N) is 1. The number of carbonyl (C=O) groups is 1. The molecule has 0 aromatic carbocycles. The topological polar surface area (TPSA) is 73.7 Å². The fourth-order valence-electron chi connectivity index (χ4n) is 4.73. The molecule has 4 heterocycles.